The van der Waals surface area contributed by atoms with Gasteiger partial charge < -0.3 is 4.42 Å². The summed E-state index contributed by atoms with van der Waals surface area (Å²) in [7, 11) is 0. The standard InChI is InChI=1S/C14H8F3NOS/c15-14(16,17)11-3-1-2-9(6-11)12-8-20-13(18-12)10-4-5-19-7-10/h1-8H. The van der Waals surface area contributed by atoms with Gasteiger partial charge in [0.1, 0.15) is 11.3 Å². The van der Waals surface area contributed by atoms with Gasteiger partial charge in [-0.2, -0.15) is 13.2 Å². The molecule has 0 aliphatic heterocycles. The highest BCUT2D eigenvalue weighted by atomic mass is 32.1. The molecule has 0 fully saturated rings. The largest absolute Gasteiger partial charge is 0.472 e. The van der Waals surface area contributed by atoms with Crippen molar-refractivity contribution in [3.05, 3.63) is 53.8 Å². The van der Waals surface area contributed by atoms with Crippen molar-refractivity contribution < 1.29 is 17.6 Å². The number of thiazole rings is 1. The van der Waals surface area contributed by atoms with Crippen LogP contribution in [-0.2, 0) is 6.18 Å². The van der Waals surface area contributed by atoms with E-state index in [0.29, 0.717) is 16.3 Å². The highest BCUT2D eigenvalue weighted by Gasteiger charge is 2.30. The van der Waals surface area contributed by atoms with E-state index in [0.717, 1.165) is 17.7 Å². The van der Waals surface area contributed by atoms with Crippen LogP contribution in [0.25, 0.3) is 21.8 Å². The van der Waals surface area contributed by atoms with E-state index in [9.17, 15) is 13.2 Å². The molecule has 3 rings (SSSR count). The first-order valence-electron chi connectivity index (χ1n) is 5.70. The van der Waals surface area contributed by atoms with E-state index < -0.39 is 11.7 Å². The fourth-order valence-electron chi connectivity index (χ4n) is 1.78. The molecule has 3 aromatic rings. The van der Waals surface area contributed by atoms with Crippen molar-refractivity contribution in [2.45, 2.75) is 6.18 Å². The number of benzene rings is 1. The molecule has 0 aliphatic rings. The molecular formula is C14H8F3NOS. The average Bonchev–Trinajstić information content (AvgIpc) is 3.09. The number of rotatable bonds is 2. The Labute approximate surface area is 116 Å². The monoisotopic (exact) mass is 295 g/mol. The second kappa shape index (κ2) is 4.79. The van der Waals surface area contributed by atoms with Crippen LogP contribution in [0.2, 0.25) is 0 Å². The summed E-state index contributed by atoms with van der Waals surface area (Å²) in [6, 6.07) is 6.91. The highest BCUT2D eigenvalue weighted by Crippen LogP contribution is 2.33. The molecule has 0 bridgehead atoms. The van der Waals surface area contributed by atoms with Crippen LogP contribution in [0.15, 0.2) is 52.7 Å². The van der Waals surface area contributed by atoms with Gasteiger partial charge in [-0.3, -0.25) is 0 Å². The fourth-order valence-corrected chi connectivity index (χ4v) is 2.60. The average molecular weight is 295 g/mol. The first kappa shape index (κ1) is 12.9. The zero-order valence-corrected chi connectivity index (χ0v) is 10.8. The number of alkyl halides is 3. The van der Waals surface area contributed by atoms with Crippen LogP contribution in [0.4, 0.5) is 13.2 Å². The Morgan fingerprint density at radius 1 is 1.10 bits per heavy atom. The molecule has 0 saturated carbocycles. The smallest absolute Gasteiger partial charge is 0.416 e. The van der Waals surface area contributed by atoms with Crippen molar-refractivity contribution in [3.63, 3.8) is 0 Å². The van der Waals surface area contributed by atoms with Crippen LogP contribution in [0, 0.1) is 0 Å². The van der Waals surface area contributed by atoms with Gasteiger partial charge >= 0.3 is 6.18 Å². The Morgan fingerprint density at radius 2 is 1.95 bits per heavy atom. The Hall–Kier alpha value is -2.08. The van der Waals surface area contributed by atoms with Crippen molar-refractivity contribution in [2.75, 3.05) is 0 Å². The van der Waals surface area contributed by atoms with Crippen molar-refractivity contribution in [1.29, 1.82) is 0 Å². The quantitative estimate of drug-likeness (QED) is 0.658. The molecule has 0 atom stereocenters. The minimum Gasteiger partial charge on any atom is -0.472 e. The van der Waals surface area contributed by atoms with Crippen LogP contribution in [0.5, 0.6) is 0 Å². The maximum Gasteiger partial charge on any atom is 0.416 e. The van der Waals surface area contributed by atoms with E-state index >= 15 is 0 Å². The molecule has 20 heavy (non-hydrogen) atoms. The van der Waals surface area contributed by atoms with Gasteiger partial charge in [-0.15, -0.1) is 11.3 Å². The summed E-state index contributed by atoms with van der Waals surface area (Å²) >= 11 is 1.36. The van der Waals surface area contributed by atoms with E-state index in [2.05, 4.69) is 4.98 Å². The summed E-state index contributed by atoms with van der Waals surface area (Å²) in [6.45, 7) is 0. The van der Waals surface area contributed by atoms with Crippen LogP contribution >= 0.6 is 11.3 Å². The molecule has 0 N–H and O–H groups in total. The van der Waals surface area contributed by atoms with Crippen molar-refractivity contribution >= 4 is 11.3 Å². The fraction of sp³-hybridized carbons (Fsp3) is 0.0714. The summed E-state index contributed by atoms with van der Waals surface area (Å²) in [5.41, 5.74) is 1.12. The molecule has 2 nitrogen and oxygen atoms in total. The molecule has 0 amide bonds. The molecule has 0 radical (unpaired) electrons. The maximum atomic E-state index is 12.7. The zero-order valence-electron chi connectivity index (χ0n) is 10.0. The molecule has 102 valence electrons. The predicted molar refractivity (Wildman–Crippen MR) is 70.3 cm³/mol. The maximum absolute atomic E-state index is 12.7. The third-order valence-electron chi connectivity index (χ3n) is 2.76. The molecular weight excluding hydrogens is 287 g/mol. The Morgan fingerprint density at radius 3 is 2.65 bits per heavy atom. The highest BCUT2D eigenvalue weighted by molar-refractivity contribution is 7.13. The lowest BCUT2D eigenvalue weighted by molar-refractivity contribution is -0.137. The van der Waals surface area contributed by atoms with Crippen LogP contribution in [0.3, 0.4) is 0 Å². The second-order valence-electron chi connectivity index (χ2n) is 4.13. The van der Waals surface area contributed by atoms with E-state index in [1.54, 1.807) is 23.8 Å². The van der Waals surface area contributed by atoms with E-state index in [4.69, 9.17) is 4.42 Å². The van der Waals surface area contributed by atoms with E-state index in [1.807, 2.05) is 0 Å². The van der Waals surface area contributed by atoms with Gasteiger partial charge in [0.15, 0.2) is 0 Å². The minimum atomic E-state index is -4.35. The summed E-state index contributed by atoms with van der Waals surface area (Å²) < 4.78 is 43.0. The van der Waals surface area contributed by atoms with Crippen molar-refractivity contribution in [2.24, 2.45) is 0 Å². The lowest BCUT2D eigenvalue weighted by Gasteiger charge is -2.07. The Balaban J connectivity index is 1.98. The second-order valence-corrected chi connectivity index (χ2v) is 4.99. The topological polar surface area (TPSA) is 26.0 Å². The lowest BCUT2D eigenvalue weighted by Crippen LogP contribution is -2.04. The van der Waals surface area contributed by atoms with Gasteiger partial charge in [-0.05, 0) is 18.2 Å². The minimum absolute atomic E-state index is 0.450. The number of furan rings is 1. The van der Waals surface area contributed by atoms with Gasteiger partial charge in [-0.25, -0.2) is 4.98 Å². The Kier molecular flexibility index (Phi) is 3.10. The SMILES string of the molecule is FC(F)(F)c1cccc(-c2csc(-c3ccoc3)n2)c1. The normalized spacial score (nSPS) is 11.8. The molecule has 1 aromatic carbocycles. The van der Waals surface area contributed by atoms with Crippen molar-refractivity contribution in [1.82, 2.24) is 4.98 Å². The number of hydrogen-bond donors (Lipinski definition) is 0. The molecule has 2 aromatic heterocycles. The van der Waals surface area contributed by atoms with Crippen molar-refractivity contribution in [3.8, 4) is 21.8 Å². The molecule has 0 spiro atoms. The number of aromatic nitrogens is 1. The molecule has 6 heteroatoms. The van der Waals surface area contributed by atoms with Crippen LogP contribution in [0.1, 0.15) is 5.56 Å². The first-order valence-corrected chi connectivity index (χ1v) is 6.58. The first-order chi connectivity index (χ1) is 9.54. The van der Waals surface area contributed by atoms with E-state index in [1.165, 1.54) is 23.7 Å². The van der Waals surface area contributed by atoms with Crippen LogP contribution < -0.4 is 0 Å². The summed E-state index contributed by atoms with van der Waals surface area (Å²) in [5.74, 6) is 0. The van der Waals surface area contributed by atoms with Gasteiger partial charge in [0.05, 0.1) is 17.5 Å². The lowest BCUT2D eigenvalue weighted by atomic mass is 10.1. The van der Waals surface area contributed by atoms with Gasteiger partial charge in [0.2, 0.25) is 0 Å². The summed E-state index contributed by atoms with van der Waals surface area (Å²) in [4.78, 5) is 4.34. The molecule has 0 aliphatic carbocycles. The zero-order chi connectivity index (χ0) is 14.2. The molecule has 2 heterocycles. The summed E-state index contributed by atoms with van der Waals surface area (Å²) in [6.07, 6.45) is -1.27. The predicted octanol–water partition coefficient (Wildman–Crippen LogP) is 5.09. The number of nitrogens with zero attached hydrogens (tertiary/aromatic N) is 1. The summed E-state index contributed by atoms with van der Waals surface area (Å²) in [5, 5.41) is 2.45. The van der Waals surface area contributed by atoms with Gasteiger partial charge in [0.25, 0.3) is 0 Å². The van der Waals surface area contributed by atoms with Crippen LogP contribution in [-0.4, -0.2) is 4.98 Å². The molecule has 0 unspecified atom stereocenters. The van der Waals surface area contributed by atoms with Gasteiger partial charge in [0, 0.05) is 16.5 Å². The number of halogens is 3. The van der Waals surface area contributed by atoms with E-state index in [-0.39, 0.29) is 0 Å². The number of hydrogen-bond acceptors (Lipinski definition) is 3. The third kappa shape index (κ3) is 2.46. The third-order valence-corrected chi connectivity index (χ3v) is 3.65. The Bertz CT molecular complexity index is 716. The molecule has 0 saturated heterocycles. The van der Waals surface area contributed by atoms with Gasteiger partial charge in [-0.1, -0.05) is 12.1 Å².